The molecule has 12 heteroatoms. The van der Waals surface area contributed by atoms with Crippen LogP contribution in [-0.4, -0.2) is 116 Å². The van der Waals surface area contributed by atoms with Crippen molar-refractivity contribution in [3.8, 4) is 5.75 Å². The quantitative estimate of drug-likeness (QED) is 0.335. The van der Waals surface area contributed by atoms with Crippen molar-refractivity contribution in [1.29, 1.82) is 0 Å². The third kappa shape index (κ3) is 4.43. The molecule has 0 radical (unpaired) electrons. The number of phenols is 1. The number of carbonyl (C=O) groups excluding carboxylic acids is 5. The van der Waals surface area contributed by atoms with Crippen molar-refractivity contribution in [3.05, 3.63) is 22.8 Å². The van der Waals surface area contributed by atoms with Crippen LogP contribution in [0.3, 0.4) is 0 Å². The van der Waals surface area contributed by atoms with E-state index in [0.717, 1.165) is 0 Å². The van der Waals surface area contributed by atoms with E-state index in [0.29, 0.717) is 36.5 Å². The zero-order valence-corrected chi connectivity index (χ0v) is 23.8. The van der Waals surface area contributed by atoms with Gasteiger partial charge in [-0.15, -0.1) is 0 Å². The molecule has 0 aromatic heterocycles. The van der Waals surface area contributed by atoms with E-state index < -0.39 is 64.4 Å². The van der Waals surface area contributed by atoms with Gasteiger partial charge in [-0.2, -0.15) is 0 Å². The van der Waals surface area contributed by atoms with Crippen LogP contribution >= 0.6 is 0 Å². The molecule has 0 spiro atoms. The number of aliphatic hydroxyl groups is 1. The van der Waals surface area contributed by atoms with Gasteiger partial charge in [0.25, 0.3) is 0 Å². The molecule has 3 aliphatic carbocycles. The molecule has 0 bridgehead atoms. The number of rotatable bonds is 8. The third-order valence-electron chi connectivity index (χ3n) is 8.72. The van der Waals surface area contributed by atoms with E-state index in [4.69, 9.17) is 10.5 Å². The summed E-state index contributed by atoms with van der Waals surface area (Å²) in [6, 6.07) is 0.688. The first-order chi connectivity index (χ1) is 18.7. The summed E-state index contributed by atoms with van der Waals surface area (Å²) in [5.74, 6) is -10.5. The van der Waals surface area contributed by atoms with Gasteiger partial charge in [-0.05, 0) is 51.5 Å². The number of benzene rings is 1. The number of primary amides is 1. The molecule has 2 unspecified atom stereocenters. The molecule has 1 amide bonds. The van der Waals surface area contributed by atoms with Crippen LogP contribution in [0.4, 0.5) is 5.69 Å². The number of likely N-dealkylation sites (N-methyl/N-ethyl adjacent to an activating group) is 2. The average molecular weight is 559 g/mol. The molecule has 4 N–H and O–H groups in total. The largest absolute Gasteiger partial charge is 0.507 e. The van der Waals surface area contributed by atoms with Gasteiger partial charge in [0.2, 0.25) is 5.91 Å². The minimum Gasteiger partial charge on any atom is -0.507 e. The number of phenolic OH excluding ortho intramolecular Hbond substituents is 1. The number of carbonyl (C=O) groups is 5. The van der Waals surface area contributed by atoms with Crippen molar-refractivity contribution < 1.29 is 38.9 Å². The predicted molar refractivity (Wildman–Crippen MR) is 144 cm³/mol. The zero-order chi connectivity index (χ0) is 29.8. The molecule has 1 aromatic rings. The minimum absolute atomic E-state index is 0.00654. The van der Waals surface area contributed by atoms with Crippen LogP contribution in [0.5, 0.6) is 5.75 Å². The topological polar surface area (TPSA) is 171 Å². The van der Waals surface area contributed by atoms with Crippen LogP contribution in [-0.2, 0) is 36.9 Å². The van der Waals surface area contributed by atoms with Crippen LogP contribution in [0.1, 0.15) is 27.9 Å². The predicted octanol–water partition coefficient (Wildman–Crippen LogP) is -0.989. The Morgan fingerprint density at radius 2 is 1.77 bits per heavy atom. The van der Waals surface area contributed by atoms with Crippen LogP contribution in [0, 0.1) is 23.7 Å². The zero-order valence-electron chi connectivity index (χ0n) is 23.8. The Morgan fingerprint density at radius 3 is 2.33 bits per heavy atom. The minimum atomic E-state index is -2.74. The number of Topliss-reactive ketones (excluding diaryl/α,β-unsaturated/α-hetero) is 4. The standard InChI is InChI=1S/C28H38N4O8/c1-30(2)17-11-14(12-32(5)7-8-40-6)22(33)19-15(17)9-13-10-16-21(31(3)4)24(35)20(27(29)38)26(37)28(16,39)25(36)18(13)23(19)34/h11,13,16,18,20-21,33,39H,7-10,12H2,1-6H3,(H2,29,38)/t13-,16-,18?,20?,21-,28-/m0/s1. The van der Waals surface area contributed by atoms with E-state index in [1.807, 2.05) is 37.0 Å². The van der Waals surface area contributed by atoms with Gasteiger partial charge in [-0.1, -0.05) is 0 Å². The first-order valence-corrected chi connectivity index (χ1v) is 13.3. The van der Waals surface area contributed by atoms with Gasteiger partial charge in [0, 0.05) is 51.5 Å². The summed E-state index contributed by atoms with van der Waals surface area (Å²) in [5, 5.41) is 23.1. The number of ether oxygens (including phenoxy) is 1. The first-order valence-electron chi connectivity index (χ1n) is 13.3. The number of nitrogens with two attached hydrogens (primary N) is 1. The van der Waals surface area contributed by atoms with Gasteiger partial charge in [0.1, 0.15) is 5.75 Å². The average Bonchev–Trinajstić information content (AvgIpc) is 2.85. The lowest BCUT2D eigenvalue weighted by molar-refractivity contribution is -0.181. The van der Waals surface area contributed by atoms with E-state index in [-0.39, 0.29) is 24.2 Å². The summed E-state index contributed by atoms with van der Waals surface area (Å²) in [5.41, 5.74) is 4.38. The lowest BCUT2D eigenvalue weighted by atomic mass is 9.52. The Labute approximate surface area is 233 Å². The highest BCUT2D eigenvalue weighted by Gasteiger charge is 2.69. The summed E-state index contributed by atoms with van der Waals surface area (Å²) in [4.78, 5) is 72.1. The van der Waals surface area contributed by atoms with Gasteiger partial charge in [0.15, 0.2) is 34.7 Å². The van der Waals surface area contributed by atoms with Gasteiger partial charge in [-0.25, -0.2) is 0 Å². The van der Waals surface area contributed by atoms with Crippen LogP contribution in [0.2, 0.25) is 0 Å². The van der Waals surface area contributed by atoms with Crippen molar-refractivity contribution in [2.75, 3.05) is 60.4 Å². The van der Waals surface area contributed by atoms with E-state index in [1.54, 1.807) is 21.2 Å². The number of ketones is 4. The maximum absolute atomic E-state index is 14.1. The number of anilines is 1. The molecule has 3 aliphatic rings. The molecule has 40 heavy (non-hydrogen) atoms. The van der Waals surface area contributed by atoms with E-state index >= 15 is 0 Å². The second-order valence-electron chi connectivity index (χ2n) is 11.7. The SMILES string of the molecule is COCCN(C)Cc1cc(N(C)C)c2c(c1O)C(=O)C1C(=O)[C@]3(O)C(=O)C(C(N)=O)C(=O)[C@@H](N(C)C)[C@@H]3C[C@@H]1C2. The number of hydrogen-bond acceptors (Lipinski definition) is 11. The van der Waals surface area contributed by atoms with Crippen molar-refractivity contribution >= 4 is 34.7 Å². The monoisotopic (exact) mass is 558 g/mol. The fraction of sp³-hybridized carbons (Fsp3) is 0.607. The maximum Gasteiger partial charge on any atom is 0.235 e. The van der Waals surface area contributed by atoms with Crippen molar-refractivity contribution in [1.82, 2.24) is 9.80 Å². The van der Waals surface area contributed by atoms with Crippen LogP contribution in [0.25, 0.3) is 0 Å². The molecule has 2 fully saturated rings. The fourth-order valence-electron chi connectivity index (χ4n) is 6.84. The molecule has 0 heterocycles. The Morgan fingerprint density at radius 1 is 1.12 bits per heavy atom. The van der Waals surface area contributed by atoms with Crippen LogP contribution < -0.4 is 10.6 Å². The van der Waals surface area contributed by atoms with Gasteiger partial charge in [0.05, 0.1) is 24.1 Å². The lowest BCUT2D eigenvalue weighted by Gasteiger charge is -2.52. The molecule has 6 atom stereocenters. The highest BCUT2D eigenvalue weighted by atomic mass is 16.5. The molecule has 1 aromatic carbocycles. The highest BCUT2D eigenvalue weighted by Crippen LogP contribution is 2.52. The maximum atomic E-state index is 14.1. The van der Waals surface area contributed by atoms with Crippen LogP contribution in [0.15, 0.2) is 6.07 Å². The Hall–Kier alpha value is -3.19. The molecule has 0 aliphatic heterocycles. The summed E-state index contributed by atoms with van der Waals surface area (Å²) in [6.07, 6.45) is 0.228. The normalized spacial score (nSPS) is 29.9. The van der Waals surface area contributed by atoms with Crippen molar-refractivity contribution in [2.24, 2.45) is 29.4 Å². The highest BCUT2D eigenvalue weighted by molar-refractivity contribution is 6.32. The van der Waals surface area contributed by atoms with E-state index in [2.05, 4.69) is 0 Å². The number of fused-ring (bicyclic) bond motifs is 3. The fourth-order valence-corrected chi connectivity index (χ4v) is 6.84. The van der Waals surface area contributed by atoms with Crippen molar-refractivity contribution in [2.45, 2.75) is 31.0 Å². The molecular weight excluding hydrogens is 520 g/mol. The molecule has 0 saturated heterocycles. The van der Waals surface area contributed by atoms with Crippen molar-refractivity contribution in [3.63, 3.8) is 0 Å². The summed E-state index contributed by atoms with van der Waals surface area (Å²) >= 11 is 0. The van der Waals surface area contributed by atoms with Gasteiger partial charge in [-0.3, -0.25) is 33.8 Å². The molecule has 2 saturated carbocycles. The van der Waals surface area contributed by atoms with E-state index in [9.17, 15) is 34.2 Å². The molecule has 218 valence electrons. The summed E-state index contributed by atoms with van der Waals surface area (Å²) in [6.45, 7) is 1.34. The molecule has 12 nitrogen and oxygen atoms in total. The second-order valence-corrected chi connectivity index (χ2v) is 11.7. The Kier molecular flexibility index (Phi) is 7.94. The number of nitrogens with zero attached hydrogens (tertiary/aromatic N) is 3. The first kappa shape index (κ1) is 29.8. The Bertz CT molecular complexity index is 1280. The number of amides is 1. The summed E-state index contributed by atoms with van der Waals surface area (Å²) < 4.78 is 5.13. The Balaban J connectivity index is 1.84. The smallest absolute Gasteiger partial charge is 0.235 e. The molecular formula is C28H38N4O8. The second kappa shape index (κ2) is 10.7. The van der Waals surface area contributed by atoms with E-state index in [1.165, 1.54) is 4.90 Å². The number of methoxy groups -OCH3 is 1. The van der Waals surface area contributed by atoms with Gasteiger partial charge < -0.3 is 25.6 Å². The number of aromatic hydroxyl groups is 1. The van der Waals surface area contributed by atoms with Gasteiger partial charge >= 0.3 is 0 Å². The lowest BCUT2D eigenvalue weighted by Crippen LogP contribution is -2.74. The number of hydrogen-bond donors (Lipinski definition) is 3. The molecule has 4 rings (SSSR count). The third-order valence-corrected chi connectivity index (χ3v) is 8.72. The summed E-state index contributed by atoms with van der Waals surface area (Å²) in [7, 11) is 10.2.